The zero-order valence-electron chi connectivity index (χ0n) is 9.66. The lowest BCUT2D eigenvalue weighted by Gasteiger charge is -2.23. The van der Waals surface area contributed by atoms with Crippen LogP contribution in [-0.2, 0) is 16.1 Å². The van der Waals surface area contributed by atoms with Crippen LogP contribution in [0.25, 0.3) is 0 Å². The first-order valence-corrected chi connectivity index (χ1v) is 5.67. The second-order valence-corrected chi connectivity index (χ2v) is 3.81. The van der Waals surface area contributed by atoms with Gasteiger partial charge in [-0.2, -0.15) is 0 Å². The largest absolute Gasteiger partial charge is 0.491 e. The van der Waals surface area contributed by atoms with Crippen LogP contribution >= 0.6 is 0 Å². The summed E-state index contributed by atoms with van der Waals surface area (Å²) in [4.78, 5) is 0. The van der Waals surface area contributed by atoms with Crippen LogP contribution in [0.5, 0.6) is 0 Å². The average molecular weight is 228 g/mol. The molecule has 0 fully saturated rings. The molecule has 0 amide bonds. The zero-order chi connectivity index (χ0) is 11.9. The monoisotopic (exact) mass is 228 g/mol. The smallest absolute Gasteiger partial charge is 0.146 e. The molecule has 88 valence electrons. The molecule has 0 saturated heterocycles. The Balaban J connectivity index is 1.90. The van der Waals surface area contributed by atoms with E-state index in [0.717, 1.165) is 5.56 Å². The van der Waals surface area contributed by atoms with E-state index in [0.29, 0.717) is 6.61 Å². The Bertz CT molecular complexity index is 406. The summed E-state index contributed by atoms with van der Waals surface area (Å²) < 4.78 is 11.2. The highest BCUT2D eigenvalue weighted by Gasteiger charge is 2.18. The molecular formula is C15H16O2. The Morgan fingerprint density at radius 1 is 1.29 bits per heavy atom. The van der Waals surface area contributed by atoms with Gasteiger partial charge in [0.05, 0.1) is 12.9 Å². The molecule has 0 aliphatic carbocycles. The van der Waals surface area contributed by atoms with Crippen molar-refractivity contribution in [2.24, 2.45) is 0 Å². The zero-order valence-corrected chi connectivity index (χ0v) is 9.66. The Morgan fingerprint density at radius 3 is 2.76 bits per heavy atom. The van der Waals surface area contributed by atoms with Crippen LogP contribution in [0.1, 0.15) is 5.56 Å². The van der Waals surface area contributed by atoms with E-state index in [4.69, 9.17) is 9.47 Å². The van der Waals surface area contributed by atoms with Gasteiger partial charge in [-0.15, -0.1) is 6.58 Å². The fourth-order valence-corrected chi connectivity index (χ4v) is 1.65. The van der Waals surface area contributed by atoms with E-state index in [-0.39, 0.29) is 12.2 Å². The number of benzene rings is 1. The summed E-state index contributed by atoms with van der Waals surface area (Å²) in [6.07, 6.45) is 9.02. The molecule has 0 N–H and O–H groups in total. The van der Waals surface area contributed by atoms with Crippen LogP contribution in [0.15, 0.2) is 67.5 Å². The Morgan fingerprint density at radius 2 is 2.12 bits per heavy atom. The highest BCUT2D eigenvalue weighted by atomic mass is 16.5. The normalized spacial score (nSPS) is 19.6. The van der Waals surface area contributed by atoms with Gasteiger partial charge in [-0.3, -0.25) is 0 Å². The quantitative estimate of drug-likeness (QED) is 0.720. The topological polar surface area (TPSA) is 18.5 Å². The minimum absolute atomic E-state index is 0.0822. The molecule has 1 aliphatic rings. The van der Waals surface area contributed by atoms with Crippen molar-refractivity contribution in [1.29, 1.82) is 0 Å². The molecule has 2 rings (SSSR count). The lowest BCUT2D eigenvalue weighted by Crippen LogP contribution is -2.27. The molecule has 0 bridgehead atoms. The van der Waals surface area contributed by atoms with Gasteiger partial charge in [0, 0.05) is 0 Å². The summed E-state index contributed by atoms with van der Waals surface area (Å²) in [5.74, 6) is 0. The van der Waals surface area contributed by atoms with Gasteiger partial charge in [-0.05, 0) is 17.7 Å². The Kier molecular flexibility index (Phi) is 4.17. The third-order valence-corrected chi connectivity index (χ3v) is 2.57. The SMILES string of the molecule is C=CC(OCc1ccccc1)C1C=CC=CO1. The molecule has 0 aromatic heterocycles. The molecule has 1 heterocycles. The van der Waals surface area contributed by atoms with Crippen LogP contribution < -0.4 is 0 Å². The second kappa shape index (κ2) is 6.06. The van der Waals surface area contributed by atoms with E-state index < -0.39 is 0 Å². The molecule has 17 heavy (non-hydrogen) atoms. The average Bonchev–Trinajstić information content (AvgIpc) is 2.42. The van der Waals surface area contributed by atoms with Gasteiger partial charge in [0.1, 0.15) is 12.2 Å². The minimum Gasteiger partial charge on any atom is -0.491 e. The fourth-order valence-electron chi connectivity index (χ4n) is 1.65. The summed E-state index contributed by atoms with van der Waals surface area (Å²) in [5.41, 5.74) is 1.15. The van der Waals surface area contributed by atoms with Crippen molar-refractivity contribution in [2.45, 2.75) is 18.8 Å². The lowest BCUT2D eigenvalue weighted by molar-refractivity contribution is -0.00528. The van der Waals surface area contributed by atoms with Crippen LogP contribution in [0.4, 0.5) is 0 Å². The number of rotatable bonds is 5. The minimum atomic E-state index is -0.128. The van der Waals surface area contributed by atoms with E-state index in [2.05, 4.69) is 6.58 Å². The van der Waals surface area contributed by atoms with Crippen molar-refractivity contribution < 1.29 is 9.47 Å². The van der Waals surface area contributed by atoms with Crippen molar-refractivity contribution in [3.63, 3.8) is 0 Å². The number of allylic oxidation sites excluding steroid dienone is 2. The van der Waals surface area contributed by atoms with E-state index in [9.17, 15) is 0 Å². The van der Waals surface area contributed by atoms with Gasteiger partial charge in [0.25, 0.3) is 0 Å². The molecule has 0 spiro atoms. The molecule has 2 atom stereocenters. The predicted molar refractivity (Wildman–Crippen MR) is 68.4 cm³/mol. The standard InChI is InChI=1S/C15H16O2/c1-2-14(15-10-6-7-11-16-15)17-12-13-8-4-3-5-9-13/h2-11,14-15H,1,12H2. The first kappa shape index (κ1) is 11.7. The van der Waals surface area contributed by atoms with Gasteiger partial charge in [0.15, 0.2) is 0 Å². The van der Waals surface area contributed by atoms with Gasteiger partial charge in [-0.1, -0.05) is 42.5 Å². The maximum atomic E-state index is 5.79. The molecular weight excluding hydrogens is 212 g/mol. The molecule has 2 heteroatoms. The van der Waals surface area contributed by atoms with E-state index >= 15 is 0 Å². The first-order chi connectivity index (χ1) is 8.40. The van der Waals surface area contributed by atoms with Crippen LogP contribution in [0.3, 0.4) is 0 Å². The Labute approximate surface area is 102 Å². The van der Waals surface area contributed by atoms with Crippen LogP contribution in [0, 0.1) is 0 Å². The Hall–Kier alpha value is -1.80. The summed E-state index contributed by atoms with van der Waals surface area (Å²) in [7, 11) is 0. The number of hydrogen-bond donors (Lipinski definition) is 0. The van der Waals surface area contributed by atoms with Crippen molar-refractivity contribution in [1.82, 2.24) is 0 Å². The predicted octanol–water partition coefficient (Wildman–Crippen LogP) is 3.23. The molecule has 1 aromatic carbocycles. The summed E-state index contributed by atoms with van der Waals surface area (Å²) in [6, 6.07) is 10.1. The summed E-state index contributed by atoms with van der Waals surface area (Å²) in [5, 5.41) is 0. The van der Waals surface area contributed by atoms with Gasteiger partial charge in [0.2, 0.25) is 0 Å². The van der Waals surface area contributed by atoms with Gasteiger partial charge < -0.3 is 9.47 Å². The summed E-state index contributed by atoms with van der Waals surface area (Å²) >= 11 is 0. The van der Waals surface area contributed by atoms with E-state index in [1.54, 1.807) is 12.3 Å². The van der Waals surface area contributed by atoms with Crippen molar-refractivity contribution in [3.05, 3.63) is 73.0 Å². The third kappa shape index (κ3) is 3.33. The van der Waals surface area contributed by atoms with Gasteiger partial charge in [-0.25, -0.2) is 0 Å². The van der Waals surface area contributed by atoms with Gasteiger partial charge >= 0.3 is 0 Å². The maximum Gasteiger partial charge on any atom is 0.146 e. The fraction of sp³-hybridized carbons (Fsp3) is 0.200. The highest BCUT2D eigenvalue weighted by molar-refractivity contribution is 5.14. The van der Waals surface area contributed by atoms with E-state index in [1.165, 1.54) is 0 Å². The second-order valence-electron chi connectivity index (χ2n) is 3.81. The van der Waals surface area contributed by atoms with Crippen molar-refractivity contribution in [2.75, 3.05) is 0 Å². The molecule has 0 radical (unpaired) electrons. The number of hydrogen-bond acceptors (Lipinski definition) is 2. The number of ether oxygens (including phenoxy) is 2. The van der Waals surface area contributed by atoms with Crippen LogP contribution in [0.2, 0.25) is 0 Å². The lowest BCUT2D eigenvalue weighted by atomic mass is 10.1. The molecule has 1 aliphatic heterocycles. The summed E-state index contributed by atoms with van der Waals surface area (Å²) in [6.45, 7) is 4.35. The molecule has 1 aromatic rings. The molecule has 0 saturated carbocycles. The van der Waals surface area contributed by atoms with Crippen molar-refractivity contribution in [3.8, 4) is 0 Å². The molecule has 2 nitrogen and oxygen atoms in total. The van der Waals surface area contributed by atoms with Crippen molar-refractivity contribution >= 4 is 0 Å². The maximum absolute atomic E-state index is 5.79. The highest BCUT2D eigenvalue weighted by Crippen LogP contribution is 2.13. The van der Waals surface area contributed by atoms with Crippen LogP contribution in [-0.4, -0.2) is 12.2 Å². The first-order valence-electron chi connectivity index (χ1n) is 5.67. The molecule has 2 unspecified atom stereocenters. The van der Waals surface area contributed by atoms with E-state index in [1.807, 2.05) is 48.6 Å². The third-order valence-electron chi connectivity index (χ3n) is 2.57.